The van der Waals surface area contributed by atoms with Crippen LogP contribution in [-0.4, -0.2) is 22.3 Å². The van der Waals surface area contributed by atoms with E-state index in [1.807, 2.05) is 49.1 Å². The molecule has 3 N–H and O–H groups in total. The molecule has 0 radical (unpaired) electrons. The number of primary amides is 1. The first-order valence-corrected chi connectivity index (χ1v) is 6.79. The molecule has 0 spiro atoms. The largest absolute Gasteiger partial charge is 0.493 e. The first kappa shape index (κ1) is 14.9. The summed E-state index contributed by atoms with van der Waals surface area (Å²) in [5, 5.41) is 7.64. The normalized spacial score (nSPS) is 10.4. The van der Waals surface area contributed by atoms with Crippen LogP contribution in [0.4, 0.5) is 5.69 Å². The Balaban J connectivity index is 1.84. The van der Waals surface area contributed by atoms with E-state index in [0.29, 0.717) is 6.61 Å². The SMILES string of the molecule is Cc1nn(C)cc1CNc1ccc(OCCC(N)=O)cc1. The first-order valence-electron chi connectivity index (χ1n) is 6.79. The molecule has 1 aromatic heterocycles. The number of amides is 1. The summed E-state index contributed by atoms with van der Waals surface area (Å²) in [6.45, 7) is 3.02. The molecule has 1 aromatic carbocycles. The maximum Gasteiger partial charge on any atom is 0.220 e. The second-order valence-electron chi connectivity index (χ2n) is 4.86. The lowest BCUT2D eigenvalue weighted by atomic mass is 10.2. The summed E-state index contributed by atoms with van der Waals surface area (Å²) in [6.07, 6.45) is 2.23. The van der Waals surface area contributed by atoms with Crippen molar-refractivity contribution in [3.8, 4) is 5.75 Å². The van der Waals surface area contributed by atoms with Gasteiger partial charge < -0.3 is 15.8 Å². The maximum atomic E-state index is 10.6. The number of carbonyl (C=O) groups is 1. The predicted molar refractivity (Wildman–Crippen MR) is 81.0 cm³/mol. The predicted octanol–water partition coefficient (Wildman–Crippen LogP) is 1.59. The van der Waals surface area contributed by atoms with Crippen LogP contribution in [0.1, 0.15) is 17.7 Å². The minimum absolute atomic E-state index is 0.223. The molecule has 0 aliphatic carbocycles. The summed E-state index contributed by atoms with van der Waals surface area (Å²) in [4.78, 5) is 10.6. The zero-order chi connectivity index (χ0) is 15.2. The van der Waals surface area contributed by atoms with Crippen molar-refractivity contribution in [1.82, 2.24) is 9.78 Å². The van der Waals surface area contributed by atoms with Crippen molar-refractivity contribution in [1.29, 1.82) is 0 Å². The lowest BCUT2D eigenvalue weighted by Gasteiger charge is -2.08. The van der Waals surface area contributed by atoms with Crippen molar-refractivity contribution in [2.75, 3.05) is 11.9 Å². The fraction of sp³-hybridized carbons (Fsp3) is 0.333. The number of nitrogens with two attached hydrogens (primary N) is 1. The average Bonchev–Trinajstić information content (AvgIpc) is 2.76. The molecule has 0 bridgehead atoms. The Morgan fingerprint density at radius 1 is 1.38 bits per heavy atom. The van der Waals surface area contributed by atoms with Gasteiger partial charge in [0, 0.05) is 31.0 Å². The Morgan fingerprint density at radius 3 is 2.67 bits per heavy atom. The van der Waals surface area contributed by atoms with Gasteiger partial charge in [-0.25, -0.2) is 0 Å². The van der Waals surface area contributed by atoms with Crippen molar-refractivity contribution in [3.63, 3.8) is 0 Å². The van der Waals surface area contributed by atoms with Crippen LogP contribution in [0.15, 0.2) is 30.5 Å². The highest BCUT2D eigenvalue weighted by atomic mass is 16.5. The number of aromatic nitrogens is 2. The number of hydrogen-bond donors (Lipinski definition) is 2. The number of hydrogen-bond acceptors (Lipinski definition) is 4. The number of anilines is 1. The number of aryl methyl sites for hydroxylation is 2. The number of rotatable bonds is 7. The van der Waals surface area contributed by atoms with Gasteiger partial charge in [-0.15, -0.1) is 0 Å². The summed E-state index contributed by atoms with van der Waals surface area (Å²) in [6, 6.07) is 7.59. The van der Waals surface area contributed by atoms with Gasteiger partial charge in [-0.05, 0) is 31.2 Å². The highest BCUT2D eigenvalue weighted by Crippen LogP contribution is 2.17. The van der Waals surface area contributed by atoms with E-state index >= 15 is 0 Å². The molecule has 2 rings (SSSR count). The van der Waals surface area contributed by atoms with E-state index in [2.05, 4.69) is 10.4 Å². The third-order valence-corrected chi connectivity index (χ3v) is 3.07. The monoisotopic (exact) mass is 288 g/mol. The Bertz CT molecular complexity index is 605. The molecule has 112 valence electrons. The zero-order valence-electron chi connectivity index (χ0n) is 12.3. The van der Waals surface area contributed by atoms with Crippen molar-refractivity contribution in [3.05, 3.63) is 41.7 Å². The third-order valence-electron chi connectivity index (χ3n) is 3.07. The van der Waals surface area contributed by atoms with E-state index in [9.17, 15) is 4.79 Å². The second-order valence-corrected chi connectivity index (χ2v) is 4.86. The minimum Gasteiger partial charge on any atom is -0.493 e. The van der Waals surface area contributed by atoms with Crippen LogP contribution < -0.4 is 15.8 Å². The summed E-state index contributed by atoms with van der Waals surface area (Å²) >= 11 is 0. The Morgan fingerprint density at radius 2 is 2.10 bits per heavy atom. The van der Waals surface area contributed by atoms with Crippen LogP contribution in [0.25, 0.3) is 0 Å². The van der Waals surface area contributed by atoms with Gasteiger partial charge in [0.15, 0.2) is 0 Å². The number of benzene rings is 1. The molecule has 0 aliphatic heterocycles. The van der Waals surface area contributed by atoms with Crippen LogP contribution in [0.2, 0.25) is 0 Å². The van der Waals surface area contributed by atoms with Crippen LogP contribution in [0.3, 0.4) is 0 Å². The molecule has 1 heterocycles. The van der Waals surface area contributed by atoms with Crippen molar-refractivity contribution in [2.45, 2.75) is 19.9 Å². The molecule has 0 saturated heterocycles. The number of nitrogens with one attached hydrogen (secondary N) is 1. The van der Waals surface area contributed by atoms with Gasteiger partial charge in [0.05, 0.1) is 18.7 Å². The van der Waals surface area contributed by atoms with Crippen LogP contribution in [0, 0.1) is 6.92 Å². The van der Waals surface area contributed by atoms with Gasteiger partial charge in [0.25, 0.3) is 0 Å². The standard InChI is InChI=1S/C15H20N4O2/c1-11-12(10-19(2)18-11)9-17-13-3-5-14(6-4-13)21-8-7-15(16)20/h3-6,10,17H,7-9H2,1-2H3,(H2,16,20). The van der Waals surface area contributed by atoms with Gasteiger partial charge in [-0.3, -0.25) is 9.48 Å². The number of ether oxygens (including phenoxy) is 1. The van der Waals surface area contributed by atoms with Crippen molar-refractivity contribution in [2.24, 2.45) is 12.8 Å². The molecule has 0 unspecified atom stereocenters. The molecule has 21 heavy (non-hydrogen) atoms. The van der Waals surface area contributed by atoms with E-state index in [1.54, 1.807) is 0 Å². The van der Waals surface area contributed by atoms with Crippen LogP contribution in [0.5, 0.6) is 5.75 Å². The van der Waals surface area contributed by atoms with E-state index in [1.165, 1.54) is 5.56 Å². The van der Waals surface area contributed by atoms with Crippen molar-refractivity contribution >= 4 is 11.6 Å². The topological polar surface area (TPSA) is 82.2 Å². The molecule has 6 nitrogen and oxygen atoms in total. The lowest BCUT2D eigenvalue weighted by molar-refractivity contribution is -0.118. The Hall–Kier alpha value is -2.50. The van der Waals surface area contributed by atoms with Gasteiger partial charge >= 0.3 is 0 Å². The van der Waals surface area contributed by atoms with Crippen LogP contribution in [-0.2, 0) is 18.4 Å². The maximum absolute atomic E-state index is 10.6. The van der Waals surface area contributed by atoms with Gasteiger partial charge in [-0.2, -0.15) is 5.10 Å². The Kier molecular flexibility index (Phi) is 4.81. The summed E-state index contributed by atoms with van der Waals surface area (Å²) in [5.74, 6) is 0.361. The Labute approximate surface area is 123 Å². The second kappa shape index (κ2) is 6.78. The molecule has 6 heteroatoms. The van der Waals surface area contributed by atoms with Crippen LogP contribution >= 0.6 is 0 Å². The molecule has 1 amide bonds. The molecule has 0 atom stereocenters. The van der Waals surface area contributed by atoms with Gasteiger partial charge in [0.1, 0.15) is 5.75 Å². The highest BCUT2D eigenvalue weighted by molar-refractivity contribution is 5.73. The summed E-state index contributed by atoms with van der Waals surface area (Å²) in [7, 11) is 1.91. The van der Waals surface area contributed by atoms with E-state index < -0.39 is 0 Å². The third kappa shape index (κ3) is 4.52. The highest BCUT2D eigenvalue weighted by Gasteiger charge is 2.03. The van der Waals surface area contributed by atoms with E-state index in [-0.39, 0.29) is 12.3 Å². The zero-order valence-corrected chi connectivity index (χ0v) is 12.3. The van der Waals surface area contributed by atoms with E-state index in [0.717, 1.165) is 23.7 Å². The summed E-state index contributed by atoms with van der Waals surface area (Å²) in [5.41, 5.74) is 8.24. The number of nitrogens with zero attached hydrogens (tertiary/aromatic N) is 2. The lowest BCUT2D eigenvalue weighted by Crippen LogP contribution is -2.14. The smallest absolute Gasteiger partial charge is 0.220 e. The fourth-order valence-electron chi connectivity index (χ4n) is 1.96. The quantitative estimate of drug-likeness (QED) is 0.810. The fourth-order valence-corrected chi connectivity index (χ4v) is 1.96. The molecule has 0 saturated carbocycles. The van der Waals surface area contributed by atoms with Gasteiger partial charge in [0.2, 0.25) is 5.91 Å². The van der Waals surface area contributed by atoms with E-state index in [4.69, 9.17) is 10.5 Å². The minimum atomic E-state index is -0.361. The summed E-state index contributed by atoms with van der Waals surface area (Å²) < 4.78 is 7.22. The molecular formula is C15H20N4O2. The average molecular weight is 288 g/mol. The van der Waals surface area contributed by atoms with Gasteiger partial charge in [-0.1, -0.05) is 0 Å². The van der Waals surface area contributed by atoms with Crippen molar-refractivity contribution < 1.29 is 9.53 Å². The number of carbonyl (C=O) groups excluding carboxylic acids is 1. The molecule has 0 aliphatic rings. The molecule has 0 fully saturated rings. The molecule has 2 aromatic rings. The molecular weight excluding hydrogens is 268 g/mol. The first-order chi connectivity index (χ1) is 10.0.